The summed E-state index contributed by atoms with van der Waals surface area (Å²) in [6.07, 6.45) is 33.7. The lowest BCUT2D eigenvalue weighted by atomic mass is 10.1. The number of phosphoric ester groups is 1. The van der Waals surface area contributed by atoms with Crippen LogP contribution in [0.1, 0.15) is 142 Å². The van der Waals surface area contributed by atoms with Gasteiger partial charge in [-0.05, 0) is 70.6 Å². The quantitative estimate of drug-likeness (QED) is 0.0255. The molecule has 0 saturated heterocycles. The molecule has 0 aromatic rings. The highest BCUT2D eigenvalue weighted by Gasteiger charge is 2.27. The number of rotatable bonds is 34. The van der Waals surface area contributed by atoms with Gasteiger partial charge in [-0.3, -0.25) is 18.6 Å². The molecule has 0 saturated carbocycles. The van der Waals surface area contributed by atoms with Gasteiger partial charge >= 0.3 is 19.8 Å². The number of ether oxygens (including phenoxy) is 2. The molecule has 0 rings (SSSR count). The van der Waals surface area contributed by atoms with E-state index in [4.69, 9.17) is 19.1 Å². The zero-order valence-electron chi connectivity index (χ0n) is 30.4. The number of hydrogen-bond donors (Lipinski definition) is 3. The Morgan fingerprint density at radius 2 is 1.08 bits per heavy atom. The maximum absolute atomic E-state index is 12.5. The van der Waals surface area contributed by atoms with Crippen molar-refractivity contribution in [1.29, 1.82) is 0 Å². The Morgan fingerprint density at radius 3 is 1.71 bits per heavy atom. The van der Waals surface area contributed by atoms with Crippen molar-refractivity contribution < 1.29 is 47.8 Å². The van der Waals surface area contributed by atoms with Crippen LogP contribution in [0.25, 0.3) is 0 Å². The summed E-state index contributed by atoms with van der Waals surface area (Å²) < 4.78 is 32.5. The van der Waals surface area contributed by atoms with Crippen molar-refractivity contribution in [2.75, 3.05) is 26.4 Å². The smallest absolute Gasteiger partial charge is 0.462 e. The first-order chi connectivity index (χ1) is 23.7. The predicted octanol–water partition coefficient (Wildman–Crippen LogP) is 8.99. The highest BCUT2D eigenvalue weighted by atomic mass is 31.2. The highest BCUT2D eigenvalue weighted by molar-refractivity contribution is 7.47. The van der Waals surface area contributed by atoms with Crippen LogP contribution in [0.15, 0.2) is 48.6 Å². The molecule has 10 nitrogen and oxygen atoms in total. The van der Waals surface area contributed by atoms with E-state index < -0.39 is 51.8 Å². The van der Waals surface area contributed by atoms with E-state index in [0.29, 0.717) is 12.8 Å². The molecule has 11 heteroatoms. The molecule has 0 amide bonds. The summed E-state index contributed by atoms with van der Waals surface area (Å²) in [6, 6.07) is 0. The van der Waals surface area contributed by atoms with Crippen molar-refractivity contribution >= 4 is 19.8 Å². The van der Waals surface area contributed by atoms with Gasteiger partial charge in [0.15, 0.2) is 6.10 Å². The van der Waals surface area contributed by atoms with Gasteiger partial charge < -0.3 is 24.6 Å². The molecule has 0 aliphatic carbocycles. The topological polar surface area (TPSA) is 149 Å². The Bertz CT molecular complexity index is 962. The first-order valence-electron chi connectivity index (χ1n) is 18.6. The molecule has 284 valence electrons. The maximum atomic E-state index is 12.5. The molecule has 0 aliphatic heterocycles. The standard InChI is InChI=1S/C38H67O10P/c1-3-5-7-9-11-13-15-16-17-18-20-22-24-26-28-30-38(42)48-36(34-47-49(43,44)46-32-35(40)31-39)33-45-37(41)29-27-25-23-21-19-14-12-10-8-6-4-2/h10-13,16-17,20,22,35-36,39-40H,3-9,14-15,18-19,21,23-34H2,1-2H3,(H,43,44)/b12-10+,13-11+,17-16+,22-20+/t35-,36+/m0/s1. The first kappa shape index (κ1) is 46.9. The van der Waals surface area contributed by atoms with E-state index >= 15 is 0 Å². The zero-order valence-corrected chi connectivity index (χ0v) is 31.3. The van der Waals surface area contributed by atoms with Crippen LogP contribution >= 0.6 is 7.82 Å². The van der Waals surface area contributed by atoms with E-state index in [1.54, 1.807) is 0 Å². The molecule has 1 unspecified atom stereocenters. The second kappa shape index (κ2) is 34.4. The average molecular weight is 715 g/mol. The van der Waals surface area contributed by atoms with Crippen molar-refractivity contribution in [3.8, 4) is 0 Å². The molecule has 0 radical (unpaired) electrons. The van der Waals surface area contributed by atoms with Crippen molar-refractivity contribution in [2.24, 2.45) is 0 Å². The number of phosphoric acid groups is 1. The summed E-state index contributed by atoms with van der Waals surface area (Å²) in [6.45, 7) is 2.22. The number of aliphatic hydroxyl groups is 2. The van der Waals surface area contributed by atoms with E-state index in [9.17, 15) is 24.2 Å². The number of hydrogen-bond acceptors (Lipinski definition) is 9. The van der Waals surface area contributed by atoms with Crippen molar-refractivity contribution in [3.05, 3.63) is 48.6 Å². The Labute approximate surface area is 296 Å². The predicted molar refractivity (Wildman–Crippen MR) is 196 cm³/mol. The molecule has 0 aliphatic rings. The third-order valence-electron chi connectivity index (χ3n) is 7.46. The minimum absolute atomic E-state index is 0.132. The third kappa shape index (κ3) is 34.2. The molecular formula is C38H67O10P. The van der Waals surface area contributed by atoms with Crippen molar-refractivity contribution in [1.82, 2.24) is 0 Å². The van der Waals surface area contributed by atoms with Crippen molar-refractivity contribution in [2.45, 2.75) is 154 Å². The lowest BCUT2D eigenvalue weighted by molar-refractivity contribution is -0.161. The number of carbonyl (C=O) groups excluding carboxylic acids is 2. The largest absolute Gasteiger partial charge is 0.472 e. The van der Waals surface area contributed by atoms with Gasteiger partial charge in [0.05, 0.1) is 19.8 Å². The summed E-state index contributed by atoms with van der Waals surface area (Å²) in [5.41, 5.74) is 0. The fourth-order valence-corrected chi connectivity index (χ4v) is 5.30. The van der Waals surface area contributed by atoms with E-state index in [2.05, 4.69) is 67.0 Å². The van der Waals surface area contributed by atoms with Gasteiger partial charge in [-0.1, -0.05) is 107 Å². The van der Waals surface area contributed by atoms with Gasteiger partial charge in [-0.25, -0.2) is 4.57 Å². The highest BCUT2D eigenvalue weighted by Crippen LogP contribution is 2.43. The Hall–Kier alpha value is -2.07. The SMILES string of the molecule is CCCC/C=C/CCCCCCCC(=O)OC[C@H](COP(=O)(O)OC[C@@H](O)CO)OC(=O)CCCC/C=C/C/C=C/C/C=C/CCCCC. The second-order valence-corrected chi connectivity index (χ2v) is 13.7. The van der Waals surface area contributed by atoms with Crippen LogP contribution < -0.4 is 0 Å². The number of allylic oxidation sites excluding steroid dienone is 8. The summed E-state index contributed by atoms with van der Waals surface area (Å²) >= 11 is 0. The summed E-state index contributed by atoms with van der Waals surface area (Å²) in [4.78, 5) is 34.7. The van der Waals surface area contributed by atoms with Gasteiger partial charge in [0.2, 0.25) is 0 Å². The fourth-order valence-electron chi connectivity index (χ4n) is 4.51. The number of unbranched alkanes of at least 4 members (excludes halogenated alkanes) is 12. The molecule has 0 aromatic heterocycles. The molecule has 0 aromatic carbocycles. The van der Waals surface area contributed by atoms with Gasteiger partial charge in [-0.2, -0.15) is 0 Å². The van der Waals surface area contributed by atoms with Crippen LogP contribution in [-0.2, 0) is 32.7 Å². The molecule has 3 atom stereocenters. The van der Waals surface area contributed by atoms with Crippen LogP contribution in [-0.4, -0.2) is 65.7 Å². The van der Waals surface area contributed by atoms with Crippen LogP contribution in [0.3, 0.4) is 0 Å². The number of carbonyl (C=O) groups is 2. The van der Waals surface area contributed by atoms with Crippen molar-refractivity contribution in [3.63, 3.8) is 0 Å². The van der Waals surface area contributed by atoms with Gasteiger partial charge in [-0.15, -0.1) is 0 Å². The first-order valence-corrected chi connectivity index (χ1v) is 20.1. The van der Waals surface area contributed by atoms with Crippen LogP contribution in [0.5, 0.6) is 0 Å². The van der Waals surface area contributed by atoms with E-state index in [-0.39, 0.29) is 19.4 Å². The molecule has 0 fully saturated rings. The van der Waals surface area contributed by atoms with E-state index in [1.165, 1.54) is 32.1 Å². The van der Waals surface area contributed by atoms with Gasteiger partial charge in [0.1, 0.15) is 12.7 Å². The normalized spacial score (nSPS) is 14.6. The van der Waals surface area contributed by atoms with E-state index in [1.807, 2.05) is 0 Å². The summed E-state index contributed by atoms with van der Waals surface area (Å²) in [5, 5.41) is 18.2. The Balaban J connectivity index is 4.49. The summed E-state index contributed by atoms with van der Waals surface area (Å²) in [7, 11) is -4.62. The molecule has 0 bridgehead atoms. The average Bonchev–Trinajstić information content (AvgIpc) is 3.09. The summed E-state index contributed by atoms with van der Waals surface area (Å²) in [5.74, 6) is -0.987. The Kier molecular flexibility index (Phi) is 32.9. The van der Waals surface area contributed by atoms with E-state index in [0.717, 1.165) is 70.6 Å². The fraction of sp³-hybridized carbons (Fsp3) is 0.737. The molecule has 0 spiro atoms. The third-order valence-corrected chi connectivity index (χ3v) is 8.41. The molecule has 0 heterocycles. The molecular weight excluding hydrogens is 647 g/mol. The van der Waals surface area contributed by atoms with Crippen LogP contribution in [0.4, 0.5) is 0 Å². The second-order valence-electron chi connectivity index (χ2n) is 12.2. The lowest BCUT2D eigenvalue weighted by Crippen LogP contribution is -2.29. The molecule has 49 heavy (non-hydrogen) atoms. The van der Waals surface area contributed by atoms with Gasteiger partial charge in [0.25, 0.3) is 0 Å². The van der Waals surface area contributed by atoms with Gasteiger partial charge in [0, 0.05) is 12.8 Å². The van der Waals surface area contributed by atoms with Crippen LogP contribution in [0.2, 0.25) is 0 Å². The van der Waals surface area contributed by atoms with Crippen LogP contribution in [0, 0.1) is 0 Å². The molecule has 3 N–H and O–H groups in total. The number of aliphatic hydroxyl groups excluding tert-OH is 2. The zero-order chi connectivity index (χ0) is 36.3. The monoisotopic (exact) mass is 714 g/mol. The Morgan fingerprint density at radius 1 is 0.612 bits per heavy atom. The minimum Gasteiger partial charge on any atom is -0.462 e. The minimum atomic E-state index is -4.62. The number of esters is 2. The lowest BCUT2D eigenvalue weighted by Gasteiger charge is -2.20. The maximum Gasteiger partial charge on any atom is 0.472 e.